The summed E-state index contributed by atoms with van der Waals surface area (Å²) in [6.45, 7) is 4.18. The number of urea groups is 1. The molecule has 1 saturated heterocycles. The van der Waals surface area contributed by atoms with Crippen LogP contribution >= 0.6 is 0 Å². The molecule has 19 heavy (non-hydrogen) atoms. The van der Waals surface area contributed by atoms with Gasteiger partial charge in [-0.25, -0.2) is 4.79 Å². The summed E-state index contributed by atoms with van der Waals surface area (Å²) in [6.07, 6.45) is 1.42. The monoisotopic (exact) mass is 273 g/mol. The van der Waals surface area contributed by atoms with E-state index in [1.54, 1.807) is 4.90 Å². The molecule has 7 heteroatoms. The topological polar surface area (TPSA) is 93.1 Å². The van der Waals surface area contributed by atoms with Crippen LogP contribution in [0.4, 0.5) is 4.79 Å². The van der Waals surface area contributed by atoms with Gasteiger partial charge in [-0.1, -0.05) is 0 Å². The zero-order chi connectivity index (χ0) is 14.1. The second-order valence-corrected chi connectivity index (χ2v) is 4.64. The molecule has 1 fully saturated rings. The lowest BCUT2D eigenvalue weighted by atomic mass is 10.3. The van der Waals surface area contributed by atoms with Crippen molar-refractivity contribution in [2.75, 3.05) is 45.9 Å². The van der Waals surface area contributed by atoms with Gasteiger partial charge in [0, 0.05) is 39.1 Å². The van der Waals surface area contributed by atoms with E-state index in [4.69, 9.17) is 10.2 Å². The molecule has 2 amide bonds. The molecule has 1 rings (SSSR count). The van der Waals surface area contributed by atoms with Gasteiger partial charge in [-0.3, -0.25) is 9.69 Å². The van der Waals surface area contributed by atoms with Gasteiger partial charge in [0.05, 0.1) is 6.61 Å². The Labute approximate surface area is 113 Å². The molecule has 0 aromatic carbocycles. The van der Waals surface area contributed by atoms with E-state index in [0.717, 1.165) is 19.5 Å². The molecule has 0 aromatic heterocycles. The fraction of sp³-hybridized carbons (Fsp3) is 0.833. The van der Waals surface area contributed by atoms with Crippen LogP contribution in [0.3, 0.4) is 0 Å². The van der Waals surface area contributed by atoms with Crippen LogP contribution in [-0.4, -0.2) is 77.9 Å². The fourth-order valence-corrected chi connectivity index (χ4v) is 2.09. The van der Waals surface area contributed by atoms with Crippen LogP contribution < -0.4 is 5.32 Å². The van der Waals surface area contributed by atoms with Gasteiger partial charge in [0.15, 0.2) is 0 Å². The third kappa shape index (κ3) is 6.40. The van der Waals surface area contributed by atoms with Crippen LogP contribution in [0.2, 0.25) is 0 Å². The first-order valence-electron chi connectivity index (χ1n) is 6.71. The zero-order valence-corrected chi connectivity index (χ0v) is 11.2. The van der Waals surface area contributed by atoms with Gasteiger partial charge in [-0.15, -0.1) is 0 Å². The van der Waals surface area contributed by atoms with E-state index in [2.05, 4.69) is 10.2 Å². The second-order valence-electron chi connectivity index (χ2n) is 4.64. The Bertz CT molecular complexity index is 299. The second kappa shape index (κ2) is 8.71. The number of hydrogen-bond donors (Lipinski definition) is 3. The number of carboxylic acid groups (broad SMARTS) is 1. The van der Waals surface area contributed by atoms with Gasteiger partial charge >= 0.3 is 12.0 Å². The molecule has 0 atom stereocenters. The molecule has 0 spiro atoms. The number of aliphatic hydroxyl groups excluding tert-OH is 1. The van der Waals surface area contributed by atoms with Gasteiger partial charge in [0.1, 0.15) is 0 Å². The van der Waals surface area contributed by atoms with Crippen LogP contribution in [-0.2, 0) is 4.79 Å². The number of aliphatic carboxylic acids is 1. The first-order chi connectivity index (χ1) is 9.13. The van der Waals surface area contributed by atoms with Crippen molar-refractivity contribution in [1.82, 2.24) is 15.1 Å². The molecular formula is C12H23N3O4. The van der Waals surface area contributed by atoms with E-state index in [1.165, 1.54) is 0 Å². The summed E-state index contributed by atoms with van der Waals surface area (Å²) in [5, 5.41) is 20.1. The molecule has 7 nitrogen and oxygen atoms in total. The number of rotatable bonds is 6. The number of nitrogens with one attached hydrogen (secondary N) is 1. The summed E-state index contributed by atoms with van der Waals surface area (Å²) in [5.74, 6) is -0.844. The van der Waals surface area contributed by atoms with Gasteiger partial charge in [-0.2, -0.15) is 0 Å². The maximum atomic E-state index is 11.9. The van der Waals surface area contributed by atoms with E-state index >= 15 is 0 Å². The highest BCUT2D eigenvalue weighted by Gasteiger charge is 2.18. The normalized spacial score (nSPS) is 17.0. The number of carbonyl (C=O) groups is 2. The van der Waals surface area contributed by atoms with Crippen molar-refractivity contribution >= 4 is 12.0 Å². The van der Waals surface area contributed by atoms with Crippen LogP contribution in [0, 0.1) is 0 Å². The Kier molecular flexibility index (Phi) is 7.20. The lowest BCUT2D eigenvalue weighted by molar-refractivity contribution is -0.137. The molecule has 1 aliphatic heterocycles. The summed E-state index contributed by atoms with van der Waals surface area (Å²) in [4.78, 5) is 26.1. The standard InChI is InChI=1S/C12H23N3O4/c16-10-9-14-5-2-6-15(8-7-14)12(19)13-4-1-3-11(17)18/h16H,1-10H2,(H,13,19)(H,17,18). The summed E-state index contributed by atoms with van der Waals surface area (Å²) >= 11 is 0. The maximum Gasteiger partial charge on any atom is 0.317 e. The number of β-amino-alcohol motifs (C(OH)–C–C–N with tert-alkyl or cyclic N) is 1. The lowest BCUT2D eigenvalue weighted by Gasteiger charge is -2.21. The van der Waals surface area contributed by atoms with Gasteiger partial charge in [0.25, 0.3) is 0 Å². The highest BCUT2D eigenvalue weighted by Crippen LogP contribution is 2.03. The highest BCUT2D eigenvalue weighted by atomic mass is 16.4. The maximum absolute atomic E-state index is 11.9. The van der Waals surface area contributed by atoms with Crippen LogP contribution in [0.15, 0.2) is 0 Å². The fourth-order valence-electron chi connectivity index (χ4n) is 2.09. The zero-order valence-electron chi connectivity index (χ0n) is 11.2. The Morgan fingerprint density at radius 3 is 2.63 bits per heavy atom. The molecule has 1 heterocycles. The number of hydrogen-bond acceptors (Lipinski definition) is 4. The minimum Gasteiger partial charge on any atom is -0.481 e. The minimum absolute atomic E-state index is 0.0740. The Morgan fingerprint density at radius 2 is 1.95 bits per heavy atom. The molecule has 1 aliphatic rings. The number of carboxylic acids is 1. The van der Waals surface area contributed by atoms with E-state index in [0.29, 0.717) is 32.6 Å². The first-order valence-corrected chi connectivity index (χ1v) is 6.71. The SMILES string of the molecule is O=C(O)CCCNC(=O)N1CCCN(CCO)CC1. The first kappa shape index (κ1) is 15.7. The Hall–Kier alpha value is -1.34. The van der Waals surface area contributed by atoms with E-state index < -0.39 is 5.97 Å². The molecule has 3 N–H and O–H groups in total. The molecule has 0 bridgehead atoms. The summed E-state index contributed by atoms with van der Waals surface area (Å²) in [5.41, 5.74) is 0. The van der Waals surface area contributed by atoms with Gasteiger partial charge in [0.2, 0.25) is 0 Å². The van der Waals surface area contributed by atoms with E-state index in [-0.39, 0.29) is 19.1 Å². The smallest absolute Gasteiger partial charge is 0.317 e. The van der Waals surface area contributed by atoms with Crippen molar-refractivity contribution < 1.29 is 19.8 Å². The van der Waals surface area contributed by atoms with E-state index in [1.807, 2.05) is 0 Å². The highest BCUT2D eigenvalue weighted by molar-refractivity contribution is 5.74. The predicted octanol–water partition coefficient (Wildman–Crippen LogP) is -0.439. The summed E-state index contributed by atoms with van der Waals surface area (Å²) in [7, 11) is 0. The number of nitrogens with zero attached hydrogens (tertiary/aromatic N) is 2. The van der Waals surface area contributed by atoms with Crippen molar-refractivity contribution in [3.63, 3.8) is 0 Å². The van der Waals surface area contributed by atoms with Gasteiger partial charge in [-0.05, 0) is 19.4 Å². The van der Waals surface area contributed by atoms with Crippen molar-refractivity contribution in [3.8, 4) is 0 Å². The summed E-state index contributed by atoms with van der Waals surface area (Å²) in [6, 6.07) is -0.128. The number of aliphatic hydroxyl groups is 1. The van der Waals surface area contributed by atoms with Crippen molar-refractivity contribution in [1.29, 1.82) is 0 Å². The Balaban J connectivity index is 2.23. The van der Waals surface area contributed by atoms with Gasteiger partial charge < -0.3 is 20.4 Å². The third-order valence-corrected chi connectivity index (χ3v) is 3.14. The predicted molar refractivity (Wildman–Crippen MR) is 70.0 cm³/mol. The van der Waals surface area contributed by atoms with E-state index in [9.17, 15) is 9.59 Å². The molecule has 0 radical (unpaired) electrons. The number of carbonyl (C=O) groups excluding carboxylic acids is 1. The third-order valence-electron chi connectivity index (χ3n) is 3.14. The summed E-state index contributed by atoms with van der Waals surface area (Å²) < 4.78 is 0. The molecule has 0 aromatic rings. The average Bonchev–Trinajstić information content (AvgIpc) is 2.60. The lowest BCUT2D eigenvalue weighted by Crippen LogP contribution is -2.42. The van der Waals surface area contributed by atoms with Crippen molar-refractivity contribution in [2.45, 2.75) is 19.3 Å². The minimum atomic E-state index is -0.844. The quantitative estimate of drug-likeness (QED) is 0.571. The van der Waals surface area contributed by atoms with Crippen molar-refractivity contribution in [3.05, 3.63) is 0 Å². The van der Waals surface area contributed by atoms with Crippen LogP contribution in [0.1, 0.15) is 19.3 Å². The average molecular weight is 273 g/mol. The molecule has 110 valence electrons. The van der Waals surface area contributed by atoms with Crippen LogP contribution in [0.25, 0.3) is 0 Å². The number of amides is 2. The van der Waals surface area contributed by atoms with Crippen LogP contribution in [0.5, 0.6) is 0 Å². The van der Waals surface area contributed by atoms with Crippen molar-refractivity contribution in [2.24, 2.45) is 0 Å². The Morgan fingerprint density at radius 1 is 1.16 bits per heavy atom. The molecule has 0 aliphatic carbocycles. The molecule has 0 saturated carbocycles. The largest absolute Gasteiger partial charge is 0.481 e. The molecule has 0 unspecified atom stereocenters. The molecular weight excluding hydrogens is 250 g/mol.